The van der Waals surface area contributed by atoms with E-state index in [1.807, 2.05) is 19.9 Å². The maximum absolute atomic E-state index is 5.43. The number of benzene rings is 2. The van der Waals surface area contributed by atoms with Crippen molar-refractivity contribution in [2.24, 2.45) is 0 Å². The molecule has 0 radical (unpaired) electrons. The molecule has 0 spiro atoms. The number of aromatic nitrogens is 3. The van der Waals surface area contributed by atoms with Crippen LogP contribution < -0.4 is 10.2 Å². The summed E-state index contributed by atoms with van der Waals surface area (Å²) in [5, 5.41) is 8.73. The van der Waals surface area contributed by atoms with Gasteiger partial charge in [-0.05, 0) is 63.3 Å². The average Bonchev–Trinajstić information content (AvgIpc) is 3.23. The molecule has 37 heavy (non-hydrogen) atoms. The standard InChI is InChI=1S/C28H34BrN7O/c1-19-26(20(2)37-33-19)22-8-9-25-24(17-22)27(30-18-21-6-5-7-23(29)16-21)32-28(31-25)36-14-12-35(13-15-36)11-10-34(3)4/h5-9,16-17H,10-15,18H2,1-4H3,(H,30,31,32). The molecular weight excluding hydrogens is 530 g/mol. The third kappa shape index (κ3) is 5.95. The molecule has 0 aliphatic carbocycles. The molecule has 1 aliphatic heterocycles. The summed E-state index contributed by atoms with van der Waals surface area (Å²) in [4.78, 5) is 17.1. The van der Waals surface area contributed by atoms with Crippen LogP contribution >= 0.6 is 15.9 Å². The van der Waals surface area contributed by atoms with Gasteiger partial charge in [-0.1, -0.05) is 39.3 Å². The molecule has 4 aromatic rings. The Morgan fingerprint density at radius 1 is 1.03 bits per heavy atom. The third-order valence-electron chi connectivity index (χ3n) is 6.87. The maximum atomic E-state index is 5.43. The Labute approximate surface area is 226 Å². The van der Waals surface area contributed by atoms with Crippen molar-refractivity contribution in [1.29, 1.82) is 0 Å². The zero-order valence-corrected chi connectivity index (χ0v) is 23.5. The second-order valence-corrected chi connectivity index (χ2v) is 10.8. The molecule has 5 rings (SSSR count). The lowest BCUT2D eigenvalue weighted by molar-refractivity contribution is 0.229. The smallest absolute Gasteiger partial charge is 0.227 e. The van der Waals surface area contributed by atoms with Crippen LogP contribution in [0.1, 0.15) is 17.0 Å². The molecule has 0 amide bonds. The Kier molecular flexibility index (Phi) is 7.73. The van der Waals surface area contributed by atoms with E-state index in [1.54, 1.807) is 0 Å². The largest absolute Gasteiger partial charge is 0.365 e. The molecule has 0 saturated carbocycles. The fourth-order valence-corrected chi connectivity index (χ4v) is 5.24. The van der Waals surface area contributed by atoms with E-state index in [0.717, 1.165) is 89.0 Å². The van der Waals surface area contributed by atoms with Crippen molar-refractivity contribution in [2.75, 3.05) is 63.6 Å². The quantitative estimate of drug-likeness (QED) is 0.322. The van der Waals surface area contributed by atoms with E-state index >= 15 is 0 Å². The summed E-state index contributed by atoms with van der Waals surface area (Å²) in [5.41, 5.74) is 5.06. The summed E-state index contributed by atoms with van der Waals surface area (Å²) in [7, 11) is 4.25. The molecule has 9 heteroatoms. The first kappa shape index (κ1) is 25.6. The molecule has 194 valence electrons. The Morgan fingerprint density at radius 3 is 2.54 bits per heavy atom. The average molecular weight is 565 g/mol. The van der Waals surface area contributed by atoms with Crippen LogP contribution in [0.15, 0.2) is 51.5 Å². The van der Waals surface area contributed by atoms with Gasteiger partial charge in [-0.25, -0.2) is 4.98 Å². The predicted octanol–water partition coefficient (Wildman–Crippen LogP) is 4.96. The lowest BCUT2D eigenvalue weighted by Gasteiger charge is -2.35. The highest BCUT2D eigenvalue weighted by molar-refractivity contribution is 9.10. The predicted molar refractivity (Wildman–Crippen MR) is 153 cm³/mol. The van der Waals surface area contributed by atoms with Crippen LogP contribution in [0.3, 0.4) is 0 Å². The molecule has 0 atom stereocenters. The van der Waals surface area contributed by atoms with Gasteiger partial charge in [0.1, 0.15) is 11.6 Å². The number of piperazine rings is 1. The maximum Gasteiger partial charge on any atom is 0.227 e. The monoisotopic (exact) mass is 563 g/mol. The van der Waals surface area contributed by atoms with Crippen LogP contribution in [0.5, 0.6) is 0 Å². The number of hydrogen-bond donors (Lipinski definition) is 1. The van der Waals surface area contributed by atoms with E-state index in [0.29, 0.717) is 6.54 Å². The number of aryl methyl sites for hydroxylation is 2. The van der Waals surface area contributed by atoms with Gasteiger partial charge < -0.3 is 19.6 Å². The molecule has 2 aromatic carbocycles. The number of fused-ring (bicyclic) bond motifs is 1. The van der Waals surface area contributed by atoms with Crippen molar-refractivity contribution in [3.8, 4) is 11.1 Å². The van der Waals surface area contributed by atoms with Crippen LogP contribution in [0.4, 0.5) is 11.8 Å². The summed E-state index contributed by atoms with van der Waals surface area (Å²) >= 11 is 3.58. The van der Waals surface area contributed by atoms with Crippen LogP contribution in [0.25, 0.3) is 22.0 Å². The minimum Gasteiger partial charge on any atom is -0.365 e. The zero-order valence-electron chi connectivity index (χ0n) is 22.0. The number of likely N-dealkylation sites (N-methyl/N-ethyl adjacent to an activating group) is 1. The van der Waals surface area contributed by atoms with Crippen LogP contribution in [0, 0.1) is 13.8 Å². The SMILES string of the molecule is Cc1noc(C)c1-c1ccc2nc(N3CCN(CCN(C)C)CC3)nc(NCc3cccc(Br)c3)c2c1. The van der Waals surface area contributed by atoms with Crippen molar-refractivity contribution >= 4 is 38.6 Å². The number of anilines is 2. The van der Waals surface area contributed by atoms with Gasteiger partial charge in [-0.2, -0.15) is 4.98 Å². The first-order chi connectivity index (χ1) is 17.9. The lowest BCUT2D eigenvalue weighted by Crippen LogP contribution is -2.48. The second kappa shape index (κ2) is 11.2. The molecule has 1 aliphatic rings. The molecule has 0 unspecified atom stereocenters. The van der Waals surface area contributed by atoms with Gasteiger partial charge in [-0.3, -0.25) is 4.90 Å². The first-order valence-corrected chi connectivity index (χ1v) is 13.5. The van der Waals surface area contributed by atoms with Gasteiger partial charge in [0.15, 0.2) is 0 Å². The van der Waals surface area contributed by atoms with Crippen LogP contribution in [-0.4, -0.2) is 78.3 Å². The zero-order chi connectivity index (χ0) is 25.9. The molecular formula is C28H34BrN7O. The van der Waals surface area contributed by atoms with E-state index in [2.05, 4.69) is 91.6 Å². The minimum absolute atomic E-state index is 0.666. The van der Waals surface area contributed by atoms with Crippen LogP contribution in [-0.2, 0) is 6.54 Å². The second-order valence-electron chi connectivity index (χ2n) is 9.92. The van der Waals surface area contributed by atoms with Gasteiger partial charge in [-0.15, -0.1) is 0 Å². The van der Waals surface area contributed by atoms with Crippen molar-refractivity contribution in [3.05, 3.63) is 64.0 Å². The van der Waals surface area contributed by atoms with E-state index in [9.17, 15) is 0 Å². The van der Waals surface area contributed by atoms with Gasteiger partial charge in [0.2, 0.25) is 5.95 Å². The number of nitrogens with zero attached hydrogens (tertiary/aromatic N) is 6. The van der Waals surface area contributed by atoms with E-state index in [4.69, 9.17) is 14.5 Å². The van der Waals surface area contributed by atoms with E-state index in [-0.39, 0.29) is 0 Å². The normalized spacial score (nSPS) is 14.6. The molecule has 8 nitrogen and oxygen atoms in total. The summed E-state index contributed by atoms with van der Waals surface area (Å²) in [6.07, 6.45) is 0. The minimum atomic E-state index is 0.666. The highest BCUT2D eigenvalue weighted by Crippen LogP contribution is 2.32. The molecule has 1 fully saturated rings. The van der Waals surface area contributed by atoms with Gasteiger partial charge >= 0.3 is 0 Å². The van der Waals surface area contributed by atoms with Gasteiger partial charge in [0.05, 0.1) is 11.2 Å². The van der Waals surface area contributed by atoms with Gasteiger partial charge in [0.25, 0.3) is 0 Å². The molecule has 2 aromatic heterocycles. The third-order valence-corrected chi connectivity index (χ3v) is 7.37. The number of rotatable bonds is 8. The Morgan fingerprint density at radius 2 is 1.84 bits per heavy atom. The number of hydrogen-bond acceptors (Lipinski definition) is 8. The highest BCUT2D eigenvalue weighted by atomic mass is 79.9. The molecule has 1 N–H and O–H groups in total. The highest BCUT2D eigenvalue weighted by Gasteiger charge is 2.21. The molecule has 0 bridgehead atoms. The van der Waals surface area contributed by atoms with E-state index in [1.165, 1.54) is 5.56 Å². The topological polar surface area (TPSA) is 73.6 Å². The van der Waals surface area contributed by atoms with Crippen molar-refractivity contribution in [1.82, 2.24) is 24.9 Å². The Balaban J connectivity index is 1.46. The van der Waals surface area contributed by atoms with Crippen molar-refractivity contribution in [2.45, 2.75) is 20.4 Å². The molecule has 1 saturated heterocycles. The van der Waals surface area contributed by atoms with Crippen molar-refractivity contribution < 1.29 is 4.52 Å². The summed E-state index contributed by atoms with van der Waals surface area (Å²) < 4.78 is 6.49. The van der Waals surface area contributed by atoms with Gasteiger partial charge in [0, 0.05) is 61.2 Å². The lowest BCUT2D eigenvalue weighted by atomic mass is 10.0. The fraction of sp³-hybridized carbons (Fsp3) is 0.393. The summed E-state index contributed by atoms with van der Waals surface area (Å²) in [6, 6.07) is 14.7. The summed E-state index contributed by atoms with van der Waals surface area (Å²) in [5.74, 6) is 2.43. The van der Waals surface area contributed by atoms with Crippen molar-refractivity contribution in [3.63, 3.8) is 0 Å². The number of halogens is 1. The summed E-state index contributed by atoms with van der Waals surface area (Å²) in [6.45, 7) is 10.6. The fourth-order valence-electron chi connectivity index (χ4n) is 4.79. The molecule has 3 heterocycles. The Hall–Kier alpha value is -3.01. The number of nitrogens with one attached hydrogen (secondary N) is 1. The van der Waals surface area contributed by atoms with E-state index < -0.39 is 0 Å². The van der Waals surface area contributed by atoms with Crippen LogP contribution in [0.2, 0.25) is 0 Å². The Bertz CT molecular complexity index is 1360. The first-order valence-electron chi connectivity index (χ1n) is 12.7.